The van der Waals surface area contributed by atoms with Gasteiger partial charge in [0.1, 0.15) is 5.76 Å². The summed E-state index contributed by atoms with van der Waals surface area (Å²) in [5.74, 6) is 0.971. The zero-order valence-corrected chi connectivity index (χ0v) is 16.5. The highest BCUT2D eigenvalue weighted by atomic mass is 16.3. The monoisotopic (exact) mass is 384 g/mol. The Hall–Kier alpha value is -2.80. The van der Waals surface area contributed by atoms with Gasteiger partial charge in [0.25, 0.3) is 0 Å². The Morgan fingerprint density at radius 3 is 2.89 bits per heavy atom. The minimum absolute atomic E-state index is 0.204. The van der Waals surface area contributed by atoms with Crippen LogP contribution >= 0.6 is 0 Å². The van der Waals surface area contributed by atoms with E-state index in [1.165, 1.54) is 0 Å². The number of likely N-dealkylation sites (N-methyl/N-ethyl adjacent to an activating group) is 1. The fraction of sp³-hybridized carbons (Fsp3) is 0.429. The van der Waals surface area contributed by atoms with Crippen molar-refractivity contribution in [2.24, 2.45) is 0 Å². The molecule has 3 rings (SSSR count). The summed E-state index contributed by atoms with van der Waals surface area (Å²) in [6.45, 7) is 2.12. The lowest BCUT2D eigenvalue weighted by Crippen LogP contribution is -2.40. The fourth-order valence-corrected chi connectivity index (χ4v) is 3.43. The summed E-state index contributed by atoms with van der Waals surface area (Å²) in [5, 5.41) is 5.74. The SMILES string of the molecule is CN(C)CCN1C(=O)CC[C@@H]1CCNC(=O)Nc1cccc(-c2ccco2)c1. The molecule has 3 amide bonds. The molecule has 1 fully saturated rings. The van der Waals surface area contributed by atoms with Crippen molar-refractivity contribution in [1.29, 1.82) is 0 Å². The number of hydrogen-bond acceptors (Lipinski definition) is 4. The maximum atomic E-state index is 12.2. The van der Waals surface area contributed by atoms with Crippen LogP contribution in [0.4, 0.5) is 10.5 Å². The third kappa shape index (κ3) is 5.36. The Balaban J connectivity index is 1.46. The van der Waals surface area contributed by atoms with E-state index >= 15 is 0 Å². The number of anilines is 1. The molecule has 7 nitrogen and oxygen atoms in total. The molecule has 1 atom stereocenters. The molecule has 2 aromatic rings. The Bertz CT molecular complexity index is 789. The molecule has 0 radical (unpaired) electrons. The van der Waals surface area contributed by atoms with Crippen molar-refractivity contribution in [2.45, 2.75) is 25.3 Å². The van der Waals surface area contributed by atoms with Gasteiger partial charge in [-0.25, -0.2) is 4.79 Å². The van der Waals surface area contributed by atoms with Gasteiger partial charge in [0, 0.05) is 43.3 Å². The van der Waals surface area contributed by atoms with E-state index in [1.807, 2.05) is 55.4 Å². The minimum Gasteiger partial charge on any atom is -0.464 e. The van der Waals surface area contributed by atoms with Crippen molar-refractivity contribution < 1.29 is 14.0 Å². The Labute approximate surface area is 165 Å². The largest absolute Gasteiger partial charge is 0.464 e. The van der Waals surface area contributed by atoms with Crippen LogP contribution in [0.3, 0.4) is 0 Å². The molecule has 2 N–H and O–H groups in total. The van der Waals surface area contributed by atoms with Gasteiger partial charge in [0.2, 0.25) is 5.91 Å². The van der Waals surface area contributed by atoms with Gasteiger partial charge in [-0.05, 0) is 51.2 Å². The molecule has 7 heteroatoms. The standard InChI is InChI=1S/C21H28N4O3/c1-24(2)12-13-25-18(8-9-20(25)26)10-11-22-21(27)23-17-6-3-5-16(15-17)19-7-4-14-28-19/h3-7,14-15,18H,8-13H2,1-2H3,(H2,22,23,27)/t18-/m1/s1. The zero-order chi connectivity index (χ0) is 19.9. The Kier molecular flexibility index (Phi) is 6.71. The summed E-state index contributed by atoms with van der Waals surface area (Å²) in [6.07, 6.45) is 3.85. The molecular formula is C21H28N4O3. The van der Waals surface area contributed by atoms with Gasteiger partial charge in [-0.2, -0.15) is 0 Å². The molecule has 2 heterocycles. The molecule has 1 aromatic carbocycles. The van der Waals surface area contributed by atoms with Crippen LogP contribution in [0.15, 0.2) is 47.1 Å². The third-order valence-corrected chi connectivity index (χ3v) is 4.93. The number of carbonyl (C=O) groups excluding carboxylic acids is 2. The molecule has 0 aliphatic carbocycles. The van der Waals surface area contributed by atoms with Crippen molar-refractivity contribution >= 4 is 17.6 Å². The quantitative estimate of drug-likeness (QED) is 0.733. The van der Waals surface area contributed by atoms with Gasteiger partial charge in [0.15, 0.2) is 0 Å². The number of urea groups is 1. The van der Waals surface area contributed by atoms with Gasteiger partial charge in [-0.1, -0.05) is 12.1 Å². The van der Waals surface area contributed by atoms with Crippen molar-refractivity contribution in [3.8, 4) is 11.3 Å². The van der Waals surface area contributed by atoms with Crippen molar-refractivity contribution in [3.05, 3.63) is 42.7 Å². The van der Waals surface area contributed by atoms with E-state index in [4.69, 9.17) is 4.42 Å². The Morgan fingerprint density at radius 1 is 1.29 bits per heavy atom. The molecule has 1 aliphatic heterocycles. The fourth-order valence-electron chi connectivity index (χ4n) is 3.43. The van der Waals surface area contributed by atoms with E-state index in [1.54, 1.807) is 6.26 Å². The summed E-state index contributed by atoms with van der Waals surface area (Å²) >= 11 is 0. The Morgan fingerprint density at radius 2 is 2.14 bits per heavy atom. The molecule has 28 heavy (non-hydrogen) atoms. The first kappa shape index (κ1) is 19.9. The lowest BCUT2D eigenvalue weighted by Gasteiger charge is -2.26. The topological polar surface area (TPSA) is 77.8 Å². The summed E-state index contributed by atoms with van der Waals surface area (Å²) in [7, 11) is 4.00. The highest BCUT2D eigenvalue weighted by Gasteiger charge is 2.30. The van der Waals surface area contributed by atoms with E-state index in [9.17, 15) is 9.59 Å². The van der Waals surface area contributed by atoms with Crippen LogP contribution in [0.25, 0.3) is 11.3 Å². The van der Waals surface area contributed by atoms with E-state index in [2.05, 4.69) is 15.5 Å². The summed E-state index contributed by atoms with van der Waals surface area (Å²) < 4.78 is 5.39. The predicted molar refractivity (Wildman–Crippen MR) is 109 cm³/mol. The van der Waals surface area contributed by atoms with Gasteiger partial charge < -0.3 is 24.9 Å². The molecule has 1 saturated heterocycles. The van der Waals surface area contributed by atoms with Crippen LogP contribution in [0.1, 0.15) is 19.3 Å². The first-order chi connectivity index (χ1) is 13.5. The first-order valence-electron chi connectivity index (χ1n) is 9.66. The lowest BCUT2D eigenvalue weighted by atomic mass is 10.1. The summed E-state index contributed by atoms with van der Waals surface area (Å²) in [5.41, 5.74) is 1.61. The van der Waals surface area contributed by atoms with E-state index in [-0.39, 0.29) is 18.0 Å². The van der Waals surface area contributed by atoms with Crippen LogP contribution in [0.5, 0.6) is 0 Å². The molecule has 0 saturated carbocycles. The van der Waals surface area contributed by atoms with Crippen LogP contribution < -0.4 is 10.6 Å². The summed E-state index contributed by atoms with van der Waals surface area (Å²) in [4.78, 5) is 28.3. The molecule has 0 unspecified atom stereocenters. The molecule has 0 bridgehead atoms. The average molecular weight is 384 g/mol. The number of carbonyl (C=O) groups is 2. The summed E-state index contributed by atoms with van der Waals surface area (Å²) in [6, 6.07) is 11.2. The highest BCUT2D eigenvalue weighted by molar-refractivity contribution is 5.90. The maximum Gasteiger partial charge on any atom is 0.319 e. The van der Waals surface area contributed by atoms with Gasteiger partial charge in [-0.3, -0.25) is 4.79 Å². The number of benzene rings is 1. The second-order valence-electron chi connectivity index (χ2n) is 7.31. The second kappa shape index (κ2) is 9.41. The molecule has 1 aliphatic rings. The third-order valence-electron chi connectivity index (χ3n) is 4.93. The van der Waals surface area contributed by atoms with Crippen LogP contribution in [-0.2, 0) is 4.79 Å². The number of hydrogen-bond donors (Lipinski definition) is 2. The van der Waals surface area contributed by atoms with Crippen LogP contribution in [0.2, 0.25) is 0 Å². The lowest BCUT2D eigenvalue weighted by molar-refractivity contribution is -0.129. The minimum atomic E-state index is -0.249. The molecular weight excluding hydrogens is 356 g/mol. The number of nitrogens with zero attached hydrogens (tertiary/aromatic N) is 2. The number of likely N-dealkylation sites (tertiary alicyclic amines) is 1. The number of rotatable bonds is 8. The maximum absolute atomic E-state index is 12.2. The average Bonchev–Trinajstić information content (AvgIpc) is 3.31. The molecule has 0 spiro atoms. The van der Waals surface area contributed by atoms with Crippen LogP contribution in [0, 0.1) is 0 Å². The number of amides is 3. The van der Waals surface area contributed by atoms with Crippen molar-refractivity contribution in [2.75, 3.05) is 39.0 Å². The van der Waals surface area contributed by atoms with Gasteiger partial charge in [0.05, 0.1) is 6.26 Å². The van der Waals surface area contributed by atoms with Crippen molar-refractivity contribution in [3.63, 3.8) is 0 Å². The van der Waals surface area contributed by atoms with Crippen LogP contribution in [-0.4, -0.2) is 61.5 Å². The van der Waals surface area contributed by atoms with Gasteiger partial charge in [-0.15, -0.1) is 0 Å². The van der Waals surface area contributed by atoms with Crippen molar-refractivity contribution in [1.82, 2.24) is 15.1 Å². The van der Waals surface area contributed by atoms with E-state index in [0.717, 1.165) is 37.3 Å². The predicted octanol–water partition coefficient (Wildman–Crippen LogP) is 3.01. The normalized spacial score (nSPS) is 16.6. The second-order valence-corrected chi connectivity index (χ2v) is 7.31. The van der Waals surface area contributed by atoms with E-state index < -0.39 is 0 Å². The first-order valence-corrected chi connectivity index (χ1v) is 9.66. The zero-order valence-electron chi connectivity index (χ0n) is 16.5. The number of nitrogens with one attached hydrogen (secondary N) is 2. The smallest absolute Gasteiger partial charge is 0.319 e. The van der Waals surface area contributed by atoms with E-state index in [0.29, 0.717) is 18.7 Å². The van der Waals surface area contributed by atoms with Gasteiger partial charge >= 0.3 is 6.03 Å². The molecule has 1 aromatic heterocycles. The molecule has 150 valence electrons. The number of furan rings is 1. The highest BCUT2D eigenvalue weighted by Crippen LogP contribution is 2.23.